The number of rotatable bonds is 2. The number of aryl methyl sites for hydroxylation is 3. The van der Waals surface area contributed by atoms with Crippen molar-refractivity contribution in [1.29, 1.82) is 0 Å². The van der Waals surface area contributed by atoms with Crippen LogP contribution in [0.15, 0.2) is 24.8 Å². The molecule has 3 rings (SSSR count). The molecule has 0 atom stereocenters. The predicted molar refractivity (Wildman–Crippen MR) is 79.4 cm³/mol. The Bertz CT molecular complexity index is 797. The van der Waals surface area contributed by atoms with Crippen molar-refractivity contribution in [1.82, 2.24) is 29.7 Å². The molecule has 0 aliphatic carbocycles. The van der Waals surface area contributed by atoms with Crippen LogP contribution in [0.1, 0.15) is 16.7 Å². The van der Waals surface area contributed by atoms with Crippen LogP contribution in [0.3, 0.4) is 0 Å². The Balaban J connectivity index is 2.17. The molecule has 3 aromatic rings. The summed E-state index contributed by atoms with van der Waals surface area (Å²) in [7, 11) is 0. The van der Waals surface area contributed by atoms with Crippen molar-refractivity contribution in [3.63, 3.8) is 0 Å². The van der Waals surface area contributed by atoms with Gasteiger partial charge in [-0.15, -0.1) is 0 Å². The van der Waals surface area contributed by atoms with Crippen LogP contribution in [0.4, 0.5) is 0 Å². The highest BCUT2D eigenvalue weighted by atomic mass is 35.5. The van der Waals surface area contributed by atoms with E-state index in [1.807, 2.05) is 6.92 Å². The lowest BCUT2D eigenvalue weighted by atomic mass is 10.0. The molecule has 0 saturated heterocycles. The molecule has 0 N–H and O–H groups in total. The Morgan fingerprint density at radius 2 is 1.71 bits per heavy atom. The van der Waals surface area contributed by atoms with Gasteiger partial charge in [0.25, 0.3) is 5.95 Å². The summed E-state index contributed by atoms with van der Waals surface area (Å²) in [5, 5.41) is 4.14. The van der Waals surface area contributed by atoms with Crippen LogP contribution in [0.25, 0.3) is 17.3 Å². The lowest BCUT2D eigenvalue weighted by Gasteiger charge is -2.09. The minimum absolute atomic E-state index is 0.128. The summed E-state index contributed by atoms with van der Waals surface area (Å²) >= 11 is 6.02. The number of hydrogen-bond donors (Lipinski definition) is 0. The zero-order valence-electron chi connectivity index (χ0n) is 11.9. The number of benzene rings is 1. The third-order valence-corrected chi connectivity index (χ3v) is 3.47. The Kier molecular flexibility index (Phi) is 3.39. The molecule has 0 bridgehead atoms. The molecule has 0 amide bonds. The smallest absolute Gasteiger partial charge is 0.223 e. The van der Waals surface area contributed by atoms with Gasteiger partial charge in [0.1, 0.15) is 12.7 Å². The minimum Gasteiger partial charge on any atom is -0.223 e. The van der Waals surface area contributed by atoms with Gasteiger partial charge in [-0.3, -0.25) is 0 Å². The molecule has 0 aliphatic rings. The van der Waals surface area contributed by atoms with Gasteiger partial charge in [-0.05, 0) is 55.1 Å². The van der Waals surface area contributed by atoms with E-state index in [2.05, 4.69) is 51.0 Å². The molecule has 21 heavy (non-hydrogen) atoms. The van der Waals surface area contributed by atoms with E-state index in [9.17, 15) is 0 Å². The molecule has 6 nitrogen and oxygen atoms in total. The SMILES string of the molecule is Cc1cc(C)c(-c2nc(Cl)nc(-n3cncn3)n2)cc1C. The molecule has 2 heterocycles. The Hall–Kier alpha value is -2.34. The lowest BCUT2D eigenvalue weighted by Crippen LogP contribution is -2.05. The number of aromatic nitrogens is 6. The first-order chi connectivity index (χ1) is 10.0. The number of hydrogen-bond acceptors (Lipinski definition) is 5. The van der Waals surface area contributed by atoms with Crippen molar-refractivity contribution in [2.45, 2.75) is 20.8 Å². The largest absolute Gasteiger partial charge is 0.256 e. The van der Waals surface area contributed by atoms with E-state index in [1.165, 1.54) is 28.5 Å². The van der Waals surface area contributed by atoms with Crippen molar-refractivity contribution < 1.29 is 0 Å². The van der Waals surface area contributed by atoms with E-state index in [0.717, 1.165) is 11.1 Å². The van der Waals surface area contributed by atoms with Crippen LogP contribution in [0.2, 0.25) is 5.28 Å². The molecule has 106 valence electrons. The molecule has 0 aliphatic heterocycles. The Morgan fingerprint density at radius 1 is 0.952 bits per heavy atom. The standard InChI is InChI=1S/C14H13ClN6/c1-8-4-10(3)11(5-9(8)2)12-18-13(15)20-14(19-12)21-7-16-6-17-21/h4-7H,1-3H3. The van der Waals surface area contributed by atoms with Crippen LogP contribution in [-0.4, -0.2) is 29.7 Å². The van der Waals surface area contributed by atoms with Gasteiger partial charge in [-0.1, -0.05) is 6.07 Å². The van der Waals surface area contributed by atoms with E-state index >= 15 is 0 Å². The van der Waals surface area contributed by atoms with Crippen LogP contribution in [0.5, 0.6) is 0 Å². The Labute approximate surface area is 126 Å². The molecular weight excluding hydrogens is 288 g/mol. The van der Waals surface area contributed by atoms with Gasteiger partial charge in [0, 0.05) is 5.56 Å². The van der Waals surface area contributed by atoms with Gasteiger partial charge in [-0.25, -0.2) is 4.98 Å². The van der Waals surface area contributed by atoms with Crippen LogP contribution < -0.4 is 0 Å². The molecule has 0 fully saturated rings. The highest BCUT2D eigenvalue weighted by Gasteiger charge is 2.12. The average molecular weight is 301 g/mol. The quantitative estimate of drug-likeness (QED) is 0.728. The van der Waals surface area contributed by atoms with E-state index < -0.39 is 0 Å². The third-order valence-electron chi connectivity index (χ3n) is 3.30. The molecule has 1 aromatic carbocycles. The minimum atomic E-state index is 0.128. The van der Waals surface area contributed by atoms with Crippen molar-refractivity contribution in [3.05, 3.63) is 46.8 Å². The molecule has 0 saturated carbocycles. The van der Waals surface area contributed by atoms with E-state index in [1.54, 1.807) is 0 Å². The molecular formula is C14H13ClN6. The highest BCUT2D eigenvalue weighted by molar-refractivity contribution is 6.28. The number of nitrogens with zero attached hydrogens (tertiary/aromatic N) is 6. The fraction of sp³-hybridized carbons (Fsp3) is 0.214. The van der Waals surface area contributed by atoms with E-state index in [0.29, 0.717) is 11.8 Å². The van der Waals surface area contributed by atoms with E-state index in [4.69, 9.17) is 11.6 Å². The maximum atomic E-state index is 6.02. The monoisotopic (exact) mass is 300 g/mol. The fourth-order valence-corrected chi connectivity index (χ4v) is 2.23. The molecule has 7 heteroatoms. The van der Waals surface area contributed by atoms with E-state index in [-0.39, 0.29) is 5.28 Å². The van der Waals surface area contributed by atoms with Gasteiger partial charge < -0.3 is 0 Å². The van der Waals surface area contributed by atoms with Gasteiger partial charge in [0.05, 0.1) is 0 Å². The summed E-state index contributed by atoms with van der Waals surface area (Å²) in [6.45, 7) is 6.15. The second kappa shape index (κ2) is 5.21. The Morgan fingerprint density at radius 3 is 2.43 bits per heavy atom. The van der Waals surface area contributed by atoms with Gasteiger partial charge in [0.15, 0.2) is 5.82 Å². The first-order valence-corrected chi connectivity index (χ1v) is 6.77. The first kappa shape index (κ1) is 13.6. The summed E-state index contributed by atoms with van der Waals surface area (Å²) < 4.78 is 1.45. The second-order valence-corrected chi connectivity index (χ2v) is 5.16. The summed E-state index contributed by atoms with van der Waals surface area (Å²) in [5.41, 5.74) is 4.43. The zero-order valence-corrected chi connectivity index (χ0v) is 12.6. The van der Waals surface area contributed by atoms with Crippen LogP contribution >= 0.6 is 11.6 Å². The topological polar surface area (TPSA) is 69.4 Å². The summed E-state index contributed by atoms with van der Waals surface area (Å²) in [6, 6.07) is 4.17. The molecule has 0 unspecified atom stereocenters. The number of halogens is 1. The summed E-state index contributed by atoms with van der Waals surface area (Å²) in [4.78, 5) is 16.6. The summed E-state index contributed by atoms with van der Waals surface area (Å²) in [5.74, 6) is 0.876. The lowest BCUT2D eigenvalue weighted by molar-refractivity contribution is 0.796. The third kappa shape index (κ3) is 2.62. The second-order valence-electron chi connectivity index (χ2n) is 4.82. The zero-order chi connectivity index (χ0) is 15.0. The highest BCUT2D eigenvalue weighted by Crippen LogP contribution is 2.24. The molecule has 0 radical (unpaired) electrons. The van der Waals surface area contributed by atoms with Gasteiger partial charge in [0.2, 0.25) is 5.28 Å². The van der Waals surface area contributed by atoms with Crippen molar-refractivity contribution in [2.24, 2.45) is 0 Å². The van der Waals surface area contributed by atoms with Crippen molar-refractivity contribution in [3.8, 4) is 17.3 Å². The summed E-state index contributed by atoms with van der Waals surface area (Å²) in [6.07, 6.45) is 2.93. The maximum Gasteiger partial charge on any atom is 0.256 e. The van der Waals surface area contributed by atoms with Crippen LogP contribution in [-0.2, 0) is 0 Å². The van der Waals surface area contributed by atoms with Crippen molar-refractivity contribution in [2.75, 3.05) is 0 Å². The van der Waals surface area contributed by atoms with Crippen LogP contribution in [0, 0.1) is 20.8 Å². The van der Waals surface area contributed by atoms with Gasteiger partial charge in [-0.2, -0.15) is 24.7 Å². The average Bonchev–Trinajstić information content (AvgIpc) is 2.96. The van der Waals surface area contributed by atoms with Crippen molar-refractivity contribution >= 4 is 11.6 Å². The maximum absolute atomic E-state index is 6.02. The fourth-order valence-electron chi connectivity index (χ4n) is 2.08. The molecule has 0 spiro atoms. The van der Waals surface area contributed by atoms with Gasteiger partial charge >= 0.3 is 0 Å². The predicted octanol–water partition coefficient (Wildman–Crippen LogP) is 2.70. The molecule has 2 aromatic heterocycles. The normalized spacial score (nSPS) is 10.9. The first-order valence-electron chi connectivity index (χ1n) is 6.39.